The summed E-state index contributed by atoms with van der Waals surface area (Å²) in [5.74, 6) is 0. The highest BCUT2D eigenvalue weighted by molar-refractivity contribution is 9.10. The summed E-state index contributed by atoms with van der Waals surface area (Å²) in [4.78, 5) is 6.86. The lowest BCUT2D eigenvalue weighted by atomic mass is 9.87. The van der Waals surface area contributed by atoms with Crippen LogP contribution in [0.15, 0.2) is 9.98 Å². The monoisotopic (exact) mass is 274 g/mol. The highest BCUT2D eigenvalue weighted by Crippen LogP contribution is 2.37. The van der Waals surface area contributed by atoms with Crippen molar-refractivity contribution in [2.45, 2.75) is 26.7 Å². The van der Waals surface area contributed by atoms with Gasteiger partial charge in [0.15, 0.2) is 5.13 Å². The lowest BCUT2D eigenvalue weighted by Gasteiger charge is -2.22. The third-order valence-corrected chi connectivity index (χ3v) is 4.76. The summed E-state index contributed by atoms with van der Waals surface area (Å²) in [6.07, 6.45) is 2.55. The molecule has 14 heavy (non-hydrogen) atoms. The Labute approximate surface area is 97.5 Å². The second-order valence-electron chi connectivity index (χ2n) is 4.29. The Morgan fingerprint density at radius 1 is 1.71 bits per heavy atom. The van der Waals surface area contributed by atoms with E-state index < -0.39 is 0 Å². The van der Waals surface area contributed by atoms with Crippen LogP contribution < -0.4 is 4.90 Å². The lowest BCUT2D eigenvalue weighted by molar-refractivity contribution is 0.355. The molecule has 1 saturated heterocycles. The molecule has 0 N–H and O–H groups in total. The minimum absolute atomic E-state index is 0.498. The molecule has 2 rings (SSSR count). The van der Waals surface area contributed by atoms with Gasteiger partial charge < -0.3 is 4.90 Å². The van der Waals surface area contributed by atoms with E-state index in [4.69, 9.17) is 0 Å². The normalized spacial score (nSPS) is 27.2. The van der Waals surface area contributed by atoms with Crippen LogP contribution in [-0.4, -0.2) is 18.1 Å². The average molecular weight is 275 g/mol. The molecule has 0 radical (unpaired) electrons. The molecule has 2 nitrogen and oxygen atoms in total. The average Bonchev–Trinajstić information content (AvgIpc) is 2.73. The van der Waals surface area contributed by atoms with E-state index in [9.17, 15) is 0 Å². The van der Waals surface area contributed by atoms with Crippen molar-refractivity contribution in [1.82, 2.24) is 4.98 Å². The summed E-state index contributed by atoms with van der Waals surface area (Å²) in [6.45, 7) is 6.96. The van der Waals surface area contributed by atoms with Crippen LogP contribution in [0.2, 0.25) is 0 Å². The fraction of sp³-hybridized carbons (Fsp3) is 0.700. The number of hydrogen-bond donors (Lipinski definition) is 0. The number of anilines is 1. The Kier molecular flexibility index (Phi) is 2.84. The molecule has 0 saturated carbocycles. The topological polar surface area (TPSA) is 16.1 Å². The van der Waals surface area contributed by atoms with Crippen LogP contribution in [0.25, 0.3) is 0 Å². The molecule has 1 atom stereocenters. The number of halogens is 1. The summed E-state index contributed by atoms with van der Waals surface area (Å²) in [7, 11) is 0. The van der Waals surface area contributed by atoms with Crippen LogP contribution in [0.5, 0.6) is 0 Å². The van der Waals surface area contributed by atoms with E-state index in [-0.39, 0.29) is 0 Å². The summed E-state index contributed by atoms with van der Waals surface area (Å²) < 4.78 is 0.961. The second-order valence-corrected chi connectivity index (χ2v) is 5.94. The lowest BCUT2D eigenvalue weighted by Crippen LogP contribution is -2.23. The van der Waals surface area contributed by atoms with Gasteiger partial charge in [-0.05, 0) is 34.2 Å². The first-order chi connectivity index (χ1) is 6.63. The maximum absolute atomic E-state index is 4.45. The number of rotatable bonds is 2. The molecule has 0 aromatic carbocycles. The molecule has 2 heterocycles. The molecule has 1 aliphatic rings. The largest absolute Gasteiger partial charge is 0.347 e. The van der Waals surface area contributed by atoms with E-state index in [1.807, 2.05) is 0 Å². The predicted molar refractivity (Wildman–Crippen MR) is 65.0 cm³/mol. The number of aromatic nitrogens is 1. The van der Waals surface area contributed by atoms with Gasteiger partial charge in [0.25, 0.3) is 0 Å². The van der Waals surface area contributed by atoms with E-state index in [1.54, 1.807) is 11.3 Å². The Hall–Kier alpha value is -0.0900. The Morgan fingerprint density at radius 2 is 2.50 bits per heavy atom. The zero-order valence-electron chi connectivity index (χ0n) is 8.59. The molecule has 1 aromatic rings. The van der Waals surface area contributed by atoms with Gasteiger partial charge in [0.1, 0.15) is 4.60 Å². The third-order valence-electron chi connectivity index (χ3n) is 3.15. The molecule has 1 unspecified atom stereocenters. The van der Waals surface area contributed by atoms with Crippen molar-refractivity contribution in [1.29, 1.82) is 0 Å². The SMILES string of the molecule is CCC1(C)CCN(c2nc(Br)cs2)C1. The molecule has 0 aliphatic carbocycles. The van der Waals surface area contributed by atoms with Gasteiger partial charge in [-0.15, -0.1) is 11.3 Å². The fourth-order valence-corrected chi connectivity index (χ4v) is 3.14. The van der Waals surface area contributed by atoms with Crippen molar-refractivity contribution < 1.29 is 0 Å². The summed E-state index contributed by atoms with van der Waals surface area (Å²) in [5, 5.41) is 3.21. The summed E-state index contributed by atoms with van der Waals surface area (Å²) in [5.41, 5.74) is 0.498. The highest BCUT2D eigenvalue weighted by Gasteiger charge is 2.33. The van der Waals surface area contributed by atoms with Crippen LogP contribution in [0.4, 0.5) is 5.13 Å². The molecule has 0 bridgehead atoms. The molecule has 4 heteroatoms. The molecule has 1 aliphatic heterocycles. The Balaban J connectivity index is 2.09. The number of nitrogens with zero attached hydrogens (tertiary/aromatic N) is 2. The van der Waals surface area contributed by atoms with E-state index in [0.717, 1.165) is 22.8 Å². The minimum atomic E-state index is 0.498. The van der Waals surface area contributed by atoms with Gasteiger partial charge in [0.05, 0.1) is 0 Å². The molecular formula is C10H15BrN2S. The first-order valence-electron chi connectivity index (χ1n) is 4.99. The smallest absolute Gasteiger partial charge is 0.186 e. The maximum atomic E-state index is 4.45. The summed E-state index contributed by atoms with van der Waals surface area (Å²) in [6, 6.07) is 0. The zero-order chi connectivity index (χ0) is 10.2. The second kappa shape index (κ2) is 3.81. The van der Waals surface area contributed by atoms with E-state index in [1.165, 1.54) is 12.8 Å². The molecule has 1 fully saturated rings. The zero-order valence-corrected chi connectivity index (χ0v) is 11.0. The van der Waals surface area contributed by atoms with E-state index >= 15 is 0 Å². The fourth-order valence-electron chi connectivity index (χ4n) is 1.87. The molecule has 78 valence electrons. The van der Waals surface area contributed by atoms with Gasteiger partial charge in [-0.2, -0.15) is 0 Å². The molecule has 1 aromatic heterocycles. The number of hydrogen-bond acceptors (Lipinski definition) is 3. The van der Waals surface area contributed by atoms with Gasteiger partial charge in [-0.3, -0.25) is 0 Å². The van der Waals surface area contributed by atoms with E-state index in [2.05, 4.69) is 45.0 Å². The third kappa shape index (κ3) is 1.96. The van der Waals surface area contributed by atoms with Gasteiger partial charge in [-0.25, -0.2) is 4.98 Å². The van der Waals surface area contributed by atoms with Crippen molar-refractivity contribution in [3.63, 3.8) is 0 Å². The quantitative estimate of drug-likeness (QED) is 0.820. The van der Waals surface area contributed by atoms with Crippen molar-refractivity contribution in [2.24, 2.45) is 5.41 Å². The predicted octanol–water partition coefficient (Wildman–Crippen LogP) is 3.53. The maximum Gasteiger partial charge on any atom is 0.186 e. The first kappa shape index (κ1) is 10.4. The standard InChI is InChI=1S/C10H15BrN2S/c1-3-10(2)4-5-13(7-10)9-12-8(11)6-14-9/h6H,3-5,7H2,1-2H3. The van der Waals surface area contributed by atoms with Crippen molar-refractivity contribution >= 4 is 32.4 Å². The van der Waals surface area contributed by atoms with Gasteiger partial charge in [-0.1, -0.05) is 13.8 Å². The van der Waals surface area contributed by atoms with E-state index in [0.29, 0.717) is 5.41 Å². The van der Waals surface area contributed by atoms with Gasteiger partial charge in [0, 0.05) is 18.5 Å². The van der Waals surface area contributed by atoms with Crippen LogP contribution >= 0.6 is 27.3 Å². The Bertz CT molecular complexity index is 326. The molecule has 0 spiro atoms. The highest BCUT2D eigenvalue weighted by atomic mass is 79.9. The van der Waals surface area contributed by atoms with Crippen LogP contribution in [0.1, 0.15) is 26.7 Å². The molecule has 0 amide bonds. The summed E-state index contributed by atoms with van der Waals surface area (Å²) >= 11 is 5.12. The first-order valence-corrected chi connectivity index (χ1v) is 6.66. The van der Waals surface area contributed by atoms with Crippen LogP contribution in [0, 0.1) is 5.41 Å². The van der Waals surface area contributed by atoms with Gasteiger partial charge in [0.2, 0.25) is 0 Å². The van der Waals surface area contributed by atoms with Gasteiger partial charge >= 0.3 is 0 Å². The van der Waals surface area contributed by atoms with Crippen LogP contribution in [-0.2, 0) is 0 Å². The van der Waals surface area contributed by atoms with Crippen molar-refractivity contribution in [3.8, 4) is 0 Å². The van der Waals surface area contributed by atoms with Crippen molar-refractivity contribution in [2.75, 3.05) is 18.0 Å². The molecular weight excluding hydrogens is 260 g/mol. The van der Waals surface area contributed by atoms with Crippen LogP contribution in [0.3, 0.4) is 0 Å². The minimum Gasteiger partial charge on any atom is -0.347 e. The Morgan fingerprint density at radius 3 is 3.00 bits per heavy atom. The number of thiazole rings is 1. The van der Waals surface area contributed by atoms with Crippen molar-refractivity contribution in [3.05, 3.63) is 9.98 Å².